The molecule has 2 rings (SSSR count). The highest BCUT2D eigenvalue weighted by Gasteiger charge is 2.39. The van der Waals surface area contributed by atoms with Crippen LogP contribution >= 0.6 is 11.8 Å². The molecule has 4 nitrogen and oxygen atoms in total. The van der Waals surface area contributed by atoms with Gasteiger partial charge in [0.2, 0.25) is 0 Å². The van der Waals surface area contributed by atoms with Crippen LogP contribution in [0.2, 0.25) is 0 Å². The van der Waals surface area contributed by atoms with Gasteiger partial charge in [0.15, 0.2) is 0 Å². The van der Waals surface area contributed by atoms with Crippen LogP contribution in [-0.2, 0) is 4.79 Å². The third-order valence-electron chi connectivity index (χ3n) is 4.35. The molecule has 0 aliphatic heterocycles. The lowest BCUT2D eigenvalue weighted by atomic mass is 9.74. The standard InChI is InChI=1S/C18H25NO3S/c1-13(2)23-15-9-5-4-8-14(15)16(20)19-12-18(17(21)22)10-6-3-7-11-18/h4-5,8-9,13H,3,6-7,10-12H2,1-2H3,(H,19,20)(H,21,22). The first-order valence-corrected chi connectivity index (χ1v) is 9.10. The zero-order valence-electron chi connectivity index (χ0n) is 13.8. The fourth-order valence-corrected chi connectivity index (χ4v) is 4.00. The van der Waals surface area contributed by atoms with Gasteiger partial charge < -0.3 is 10.4 Å². The number of rotatable bonds is 6. The highest BCUT2D eigenvalue weighted by molar-refractivity contribution is 8.00. The van der Waals surface area contributed by atoms with Crippen molar-refractivity contribution >= 4 is 23.6 Å². The minimum atomic E-state index is -0.798. The van der Waals surface area contributed by atoms with Gasteiger partial charge in [-0.25, -0.2) is 0 Å². The van der Waals surface area contributed by atoms with Crippen molar-refractivity contribution in [1.82, 2.24) is 5.32 Å². The van der Waals surface area contributed by atoms with Crippen LogP contribution in [0.5, 0.6) is 0 Å². The number of carbonyl (C=O) groups excluding carboxylic acids is 1. The summed E-state index contributed by atoms with van der Waals surface area (Å²) in [6.07, 6.45) is 4.21. The number of aliphatic carboxylic acids is 1. The van der Waals surface area contributed by atoms with Gasteiger partial charge in [0, 0.05) is 16.7 Å². The Morgan fingerprint density at radius 2 is 1.87 bits per heavy atom. The smallest absolute Gasteiger partial charge is 0.311 e. The molecule has 1 aliphatic carbocycles. The van der Waals surface area contributed by atoms with E-state index < -0.39 is 11.4 Å². The third-order valence-corrected chi connectivity index (χ3v) is 5.43. The maximum Gasteiger partial charge on any atom is 0.311 e. The topological polar surface area (TPSA) is 66.4 Å². The van der Waals surface area contributed by atoms with E-state index in [1.807, 2.05) is 18.2 Å². The third kappa shape index (κ3) is 4.50. The Morgan fingerprint density at radius 1 is 1.22 bits per heavy atom. The second-order valence-electron chi connectivity index (χ2n) is 6.49. The fraction of sp³-hybridized carbons (Fsp3) is 0.556. The molecule has 1 aromatic carbocycles. The van der Waals surface area contributed by atoms with Crippen molar-refractivity contribution in [3.05, 3.63) is 29.8 Å². The molecule has 0 bridgehead atoms. The summed E-state index contributed by atoms with van der Waals surface area (Å²) in [5.74, 6) is -0.970. The molecule has 0 aromatic heterocycles. The summed E-state index contributed by atoms with van der Waals surface area (Å²) >= 11 is 1.64. The maximum atomic E-state index is 12.5. The molecule has 1 aromatic rings. The Morgan fingerprint density at radius 3 is 2.48 bits per heavy atom. The van der Waals surface area contributed by atoms with Crippen molar-refractivity contribution in [2.24, 2.45) is 5.41 Å². The number of carbonyl (C=O) groups is 2. The molecule has 1 amide bonds. The van der Waals surface area contributed by atoms with Crippen molar-refractivity contribution in [3.63, 3.8) is 0 Å². The van der Waals surface area contributed by atoms with Crippen molar-refractivity contribution in [1.29, 1.82) is 0 Å². The SMILES string of the molecule is CC(C)Sc1ccccc1C(=O)NCC1(C(=O)O)CCCCC1. The fourth-order valence-electron chi connectivity index (χ4n) is 3.05. The van der Waals surface area contributed by atoms with Crippen LogP contribution in [0, 0.1) is 5.41 Å². The van der Waals surface area contributed by atoms with Crippen LogP contribution in [-0.4, -0.2) is 28.8 Å². The van der Waals surface area contributed by atoms with Crippen LogP contribution in [0.3, 0.4) is 0 Å². The highest BCUT2D eigenvalue weighted by atomic mass is 32.2. The summed E-state index contributed by atoms with van der Waals surface area (Å²) < 4.78 is 0. The van der Waals surface area contributed by atoms with E-state index >= 15 is 0 Å². The number of carboxylic acid groups (broad SMARTS) is 1. The minimum Gasteiger partial charge on any atom is -0.481 e. The Hall–Kier alpha value is -1.49. The lowest BCUT2D eigenvalue weighted by Gasteiger charge is -2.33. The van der Waals surface area contributed by atoms with Gasteiger partial charge in [0.25, 0.3) is 5.91 Å². The molecule has 0 atom stereocenters. The molecule has 2 N–H and O–H groups in total. The van der Waals surface area contributed by atoms with Crippen molar-refractivity contribution in [2.45, 2.75) is 56.1 Å². The van der Waals surface area contributed by atoms with E-state index in [2.05, 4.69) is 19.2 Å². The number of benzene rings is 1. The number of thioether (sulfide) groups is 1. The lowest BCUT2D eigenvalue weighted by molar-refractivity contribution is -0.150. The molecule has 0 radical (unpaired) electrons. The molecule has 126 valence electrons. The molecule has 0 spiro atoms. The Labute approximate surface area is 142 Å². The number of nitrogens with one attached hydrogen (secondary N) is 1. The second-order valence-corrected chi connectivity index (χ2v) is 8.11. The average Bonchev–Trinajstić information content (AvgIpc) is 2.53. The molecule has 23 heavy (non-hydrogen) atoms. The Balaban J connectivity index is 2.08. The predicted octanol–water partition coefficient (Wildman–Crippen LogP) is 3.95. The number of carboxylic acids is 1. The van der Waals surface area contributed by atoms with Gasteiger partial charge in [0.05, 0.1) is 11.0 Å². The Bertz CT molecular complexity index is 565. The van der Waals surface area contributed by atoms with Crippen LogP contribution in [0.4, 0.5) is 0 Å². The van der Waals surface area contributed by atoms with Gasteiger partial charge in [-0.05, 0) is 25.0 Å². The summed E-state index contributed by atoms with van der Waals surface area (Å²) in [7, 11) is 0. The summed E-state index contributed by atoms with van der Waals surface area (Å²) in [5.41, 5.74) is -0.170. The van der Waals surface area contributed by atoms with Crippen LogP contribution in [0.1, 0.15) is 56.3 Å². The molecule has 0 unspecified atom stereocenters. The van der Waals surface area contributed by atoms with E-state index in [1.165, 1.54) is 0 Å². The number of amides is 1. The van der Waals surface area contributed by atoms with Crippen molar-refractivity contribution < 1.29 is 14.7 Å². The van der Waals surface area contributed by atoms with E-state index in [1.54, 1.807) is 17.8 Å². The Kier molecular flexibility index (Phi) is 6.10. The quantitative estimate of drug-likeness (QED) is 0.773. The van der Waals surface area contributed by atoms with Crippen LogP contribution in [0.15, 0.2) is 29.2 Å². The van der Waals surface area contributed by atoms with E-state index in [4.69, 9.17) is 0 Å². The maximum absolute atomic E-state index is 12.5. The van der Waals surface area contributed by atoms with Gasteiger partial charge >= 0.3 is 5.97 Å². The van der Waals surface area contributed by atoms with Gasteiger partial charge in [0.1, 0.15) is 0 Å². The first-order valence-electron chi connectivity index (χ1n) is 8.22. The van der Waals surface area contributed by atoms with Crippen molar-refractivity contribution in [2.75, 3.05) is 6.54 Å². The first kappa shape index (κ1) is 17.9. The second kappa shape index (κ2) is 7.86. The molecule has 1 saturated carbocycles. The minimum absolute atomic E-state index is 0.181. The number of hydrogen-bond donors (Lipinski definition) is 2. The zero-order valence-corrected chi connectivity index (χ0v) is 14.6. The average molecular weight is 335 g/mol. The molecule has 0 heterocycles. The monoisotopic (exact) mass is 335 g/mol. The molecular formula is C18H25NO3S. The molecule has 0 saturated heterocycles. The van der Waals surface area contributed by atoms with Crippen molar-refractivity contribution in [3.8, 4) is 0 Å². The highest BCUT2D eigenvalue weighted by Crippen LogP contribution is 2.36. The first-order chi connectivity index (χ1) is 10.9. The number of hydrogen-bond acceptors (Lipinski definition) is 3. The lowest BCUT2D eigenvalue weighted by Crippen LogP contribution is -2.44. The van der Waals surface area contributed by atoms with Crippen LogP contribution < -0.4 is 5.32 Å². The molecule has 5 heteroatoms. The van der Waals surface area contributed by atoms with Gasteiger partial charge in [-0.15, -0.1) is 11.8 Å². The zero-order chi connectivity index (χ0) is 16.9. The summed E-state index contributed by atoms with van der Waals surface area (Å²) in [5, 5.41) is 12.8. The van der Waals surface area contributed by atoms with Gasteiger partial charge in [-0.2, -0.15) is 0 Å². The van der Waals surface area contributed by atoms with E-state index in [9.17, 15) is 14.7 Å². The largest absolute Gasteiger partial charge is 0.481 e. The summed E-state index contributed by atoms with van der Waals surface area (Å²) in [6, 6.07) is 7.50. The van der Waals surface area contributed by atoms with Crippen LogP contribution in [0.25, 0.3) is 0 Å². The van der Waals surface area contributed by atoms with E-state index in [-0.39, 0.29) is 12.5 Å². The van der Waals surface area contributed by atoms with E-state index in [0.29, 0.717) is 23.7 Å². The summed E-state index contributed by atoms with van der Waals surface area (Å²) in [4.78, 5) is 25.2. The van der Waals surface area contributed by atoms with E-state index in [0.717, 1.165) is 24.2 Å². The molecule has 1 aliphatic rings. The molecule has 1 fully saturated rings. The van der Waals surface area contributed by atoms with Gasteiger partial charge in [-0.1, -0.05) is 45.2 Å². The normalized spacial score (nSPS) is 17.0. The van der Waals surface area contributed by atoms with Gasteiger partial charge in [-0.3, -0.25) is 9.59 Å². The summed E-state index contributed by atoms with van der Waals surface area (Å²) in [6.45, 7) is 4.38. The molecular weight excluding hydrogens is 310 g/mol. The predicted molar refractivity (Wildman–Crippen MR) is 92.9 cm³/mol.